The number of ether oxygens (including phenoxy) is 1. The van der Waals surface area contributed by atoms with Gasteiger partial charge in [0.2, 0.25) is 5.88 Å². The van der Waals surface area contributed by atoms with Crippen LogP contribution >= 0.6 is 0 Å². The van der Waals surface area contributed by atoms with Crippen LogP contribution < -0.4 is 15.0 Å². The second kappa shape index (κ2) is 6.00. The molecule has 1 aliphatic rings. The summed E-state index contributed by atoms with van der Waals surface area (Å²) in [6.45, 7) is 6.43. The van der Waals surface area contributed by atoms with Gasteiger partial charge in [0, 0.05) is 31.2 Å². The lowest BCUT2D eigenvalue weighted by Gasteiger charge is -2.40. The molecule has 18 heavy (non-hydrogen) atoms. The standard InChI is InChI=1S/C13H22N4O/c1-4-10-8-17(11(5-2)7-14-10)12-6-13(18-3)16-9-15-12/h6,9-11,14H,4-5,7-8H2,1-3H3. The molecule has 0 radical (unpaired) electrons. The molecule has 2 atom stereocenters. The number of aromatic nitrogens is 2. The summed E-state index contributed by atoms with van der Waals surface area (Å²) < 4.78 is 5.17. The molecule has 0 aliphatic carbocycles. The van der Waals surface area contributed by atoms with Gasteiger partial charge >= 0.3 is 0 Å². The van der Waals surface area contributed by atoms with E-state index in [-0.39, 0.29) is 0 Å². The maximum atomic E-state index is 5.17. The zero-order valence-electron chi connectivity index (χ0n) is 11.4. The number of rotatable bonds is 4. The van der Waals surface area contributed by atoms with E-state index in [2.05, 4.69) is 34.0 Å². The number of anilines is 1. The Morgan fingerprint density at radius 1 is 1.39 bits per heavy atom. The molecule has 0 aromatic carbocycles. The zero-order chi connectivity index (χ0) is 13.0. The number of piperazine rings is 1. The molecule has 1 fully saturated rings. The molecule has 5 nitrogen and oxygen atoms in total. The molecule has 0 spiro atoms. The molecule has 2 unspecified atom stereocenters. The van der Waals surface area contributed by atoms with E-state index in [9.17, 15) is 0 Å². The Bertz CT molecular complexity index is 385. The van der Waals surface area contributed by atoms with Crippen molar-refractivity contribution in [3.05, 3.63) is 12.4 Å². The molecular formula is C13H22N4O. The van der Waals surface area contributed by atoms with Crippen LogP contribution in [0, 0.1) is 0 Å². The van der Waals surface area contributed by atoms with Crippen molar-refractivity contribution in [3.63, 3.8) is 0 Å². The van der Waals surface area contributed by atoms with Crippen molar-refractivity contribution in [3.8, 4) is 5.88 Å². The number of hydrogen-bond donors (Lipinski definition) is 1. The van der Waals surface area contributed by atoms with Crippen molar-refractivity contribution in [2.24, 2.45) is 0 Å². The van der Waals surface area contributed by atoms with Gasteiger partial charge in [0.1, 0.15) is 12.1 Å². The highest BCUT2D eigenvalue weighted by atomic mass is 16.5. The molecule has 0 bridgehead atoms. The van der Waals surface area contributed by atoms with Gasteiger partial charge in [-0.25, -0.2) is 9.97 Å². The van der Waals surface area contributed by atoms with E-state index in [1.165, 1.54) is 0 Å². The first-order valence-electron chi connectivity index (χ1n) is 6.64. The largest absolute Gasteiger partial charge is 0.481 e. The monoisotopic (exact) mass is 250 g/mol. The maximum Gasteiger partial charge on any atom is 0.218 e. The second-order valence-corrected chi connectivity index (χ2v) is 4.65. The molecule has 0 saturated carbocycles. The predicted octanol–water partition coefficient (Wildman–Crippen LogP) is 1.45. The van der Waals surface area contributed by atoms with Crippen LogP contribution in [0.4, 0.5) is 5.82 Å². The highest BCUT2D eigenvalue weighted by Crippen LogP contribution is 2.22. The molecule has 100 valence electrons. The van der Waals surface area contributed by atoms with Crippen LogP contribution in [0.15, 0.2) is 12.4 Å². The lowest BCUT2D eigenvalue weighted by Crippen LogP contribution is -2.56. The SMILES string of the molecule is CCC1CN(c2cc(OC)ncn2)C(CC)CN1. The van der Waals surface area contributed by atoms with Gasteiger partial charge in [-0.2, -0.15) is 0 Å². The summed E-state index contributed by atoms with van der Waals surface area (Å²) in [4.78, 5) is 10.8. The number of methoxy groups -OCH3 is 1. The van der Waals surface area contributed by atoms with Crippen LogP contribution in [0.3, 0.4) is 0 Å². The lowest BCUT2D eigenvalue weighted by molar-refractivity contribution is 0.373. The summed E-state index contributed by atoms with van der Waals surface area (Å²) in [5, 5.41) is 3.58. The fourth-order valence-corrected chi connectivity index (χ4v) is 2.38. The molecule has 1 saturated heterocycles. The van der Waals surface area contributed by atoms with Crippen LogP contribution in [0.1, 0.15) is 26.7 Å². The topological polar surface area (TPSA) is 50.3 Å². The molecule has 1 aliphatic heterocycles. The van der Waals surface area contributed by atoms with E-state index in [1.807, 2.05) is 6.07 Å². The zero-order valence-corrected chi connectivity index (χ0v) is 11.4. The molecule has 0 amide bonds. The quantitative estimate of drug-likeness (QED) is 0.876. The van der Waals surface area contributed by atoms with Crippen molar-refractivity contribution in [1.29, 1.82) is 0 Å². The third-order valence-corrected chi connectivity index (χ3v) is 3.60. The van der Waals surface area contributed by atoms with Crippen molar-refractivity contribution < 1.29 is 4.74 Å². The Balaban J connectivity index is 2.20. The first-order valence-corrected chi connectivity index (χ1v) is 6.64. The minimum atomic E-state index is 0.493. The van der Waals surface area contributed by atoms with E-state index < -0.39 is 0 Å². The van der Waals surface area contributed by atoms with Gasteiger partial charge in [0.05, 0.1) is 7.11 Å². The fourth-order valence-electron chi connectivity index (χ4n) is 2.38. The lowest BCUT2D eigenvalue weighted by atomic mass is 10.1. The highest BCUT2D eigenvalue weighted by molar-refractivity contribution is 5.43. The van der Waals surface area contributed by atoms with Crippen molar-refractivity contribution in [1.82, 2.24) is 15.3 Å². The van der Waals surface area contributed by atoms with Crippen LogP contribution in [-0.2, 0) is 0 Å². The number of nitrogens with zero attached hydrogens (tertiary/aromatic N) is 3. The van der Waals surface area contributed by atoms with Gasteiger partial charge in [-0.3, -0.25) is 0 Å². The summed E-state index contributed by atoms with van der Waals surface area (Å²) in [7, 11) is 1.63. The molecule has 1 aromatic heterocycles. The summed E-state index contributed by atoms with van der Waals surface area (Å²) in [5.41, 5.74) is 0. The van der Waals surface area contributed by atoms with Gasteiger partial charge in [0.25, 0.3) is 0 Å². The average Bonchev–Trinajstić information content (AvgIpc) is 2.46. The third-order valence-electron chi connectivity index (χ3n) is 3.60. The predicted molar refractivity (Wildman–Crippen MR) is 72.1 cm³/mol. The van der Waals surface area contributed by atoms with Crippen LogP contribution in [-0.4, -0.2) is 42.3 Å². The normalized spacial score (nSPS) is 24.1. The van der Waals surface area contributed by atoms with Crippen LogP contribution in [0.25, 0.3) is 0 Å². The second-order valence-electron chi connectivity index (χ2n) is 4.65. The van der Waals surface area contributed by atoms with Gasteiger partial charge in [-0.1, -0.05) is 13.8 Å². The third kappa shape index (κ3) is 2.72. The molecule has 1 N–H and O–H groups in total. The fraction of sp³-hybridized carbons (Fsp3) is 0.692. The molecule has 2 rings (SSSR count). The first-order chi connectivity index (χ1) is 8.78. The molecule has 5 heteroatoms. The smallest absolute Gasteiger partial charge is 0.218 e. The summed E-state index contributed by atoms with van der Waals surface area (Å²) in [6, 6.07) is 2.95. The van der Waals surface area contributed by atoms with Gasteiger partial charge in [-0.05, 0) is 12.8 Å². The van der Waals surface area contributed by atoms with Crippen molar-refractivity contribution in [2.45, 2.75) is 38.8 Å². The summed E-state index contributed by atoms with van der Waals surface area (Å²) >= 11 is 0. The average molecular weight is 250 g/mol. The summed E-state index contributed by atoms with van der Waals surface area (Å²) in [6.07, 6.45) is 3.81. The minimum Gasteiger partial charge on any atom is -0.481 e. The van der Waals surface area contributed by atoms with Gasteiger partial charge in [0.15, 0.2) is 0 Å². The first kappa shape index (κ1) is 13.1. The van der Waals surface area contributed by atoms with E-state index in [4.69, 9.17) is 4.74 Å². The highest BCUT2D eigenvalue weighted by Gasteiger charge is 2.27. The van der Waals surface area contributed by atoms with E-state index >= 15 is 0 Å². The Labute approximate surface area is 109 Å². The maximum absolute atomic E-state index is 5.17. The molecule has 2 heterocycles. The van der Waals surface area contributed by atoms with Crippen LogP contribution in [0.2, 0.25) is 0 Å². The van der Waals surface area contributed by atoms with Crippen LogP contribution in [0.5, 0.6) is 5.88 Å². The molecular weight excluding hydrogens is 228 g/mol. The number of hydrogen-bond acceptors (Lipinski definition) is 5. The van der Waals surface area contributed by atoms with E-state index in [0.717, 1.165) is 31.7 Å². The van der Waals surface area contributed by atoms with Gasteiger partial charge < -0.3 is 15.0 Å². The van der Waals surface area contributed by atoms with E-state index in [0.29, 0.717) is 18.0 Å². The Kier molecular flexibility index (Phi) is 4.36. The van der Waals surface area contributed by atoms with Crippen molar-refractivity contribution >= 4 is 5.82 Å². The Morgan fingerprint density at radius 3 is 2.89 bits per heavy atom. The minimum absolute atomic E-state index is 0.493. The number of nitrogens with one attached hydrogen (secondary N) is 1. The summed E-state index contributed by atoms with van der Waals surface area (Å²) in [5.74, 6) is 1.59. The van der Waals surface area contributed by atoms with E-state index in [1.54, 1.807) is 13.4 Å². The van der Waals surface area contributed by atoms with Gasteiger partial charge in [-0.15, -0.1) is 0 Å². The molecule has 1 aromatic rings. The Hall–Kier alpha value is -1.36. The Morgan fingerprint density at radius 2 is 2.22 bits per heavy atom. The van der Waals surface area contributed by atoms with Crippen molar-refractivity contribution in [2.75, 3.05) is 25.1 Å².